The fourth-order valence-electron chi connectivity index (χ4n) is 5.71. The van der Waals surface area contributed by atoms with Crippen molar-refractivity contribution >= 4 is 16.0 Å². The van der Waals surface area contributed by atoms with Crippen LogP contribution < -0.4 is 5.32 Å². The van der Waals surface area contributed by atoms with E-state index >= 15 is 0 Å². The number of nitrogens with one attached hydrogen (secondary N) is 1. The molecule has 0 aliphatic carbocycles. The third-order valence-corrected chi connectivity index (χ3v) is 9.56. The van der Waals surface area contributed by atoms with Crippen molar-refractivity contribution in [1.29, 1.82) is 0 Å². The maximum atomic E-state index is 12.5. The van der Waals surface area contributed by atoms with Crippen LogP contribution in [0.5, 0.6) is 0 Å². The van der Waals surface area contributed by atoms with Gasteiger partial charge in [0.1, 0.15) is 0 Å². The van der Waals surface area contributed by atoms with Crippen LogP contribution in [-0.4, -0.2) is 41.9 Å². The Morgan fingerprint density at radius 3 is 1.44 bits per heavy atom. The molecule has 0 aliphatic rings. The zero-order valence-corrected chi connectivity index (χ0v) is 34.0. The normalized spacial score (nSPS) is 14.2. The monoisotopic (exact) mass is 744 g/mol. The Balaban J connectivity index is 4.01. The molecule has 3 N–H and O–H groups in total. The summed E-state index contributed by atoms with van der Waals surface area (Å²) in [4.78, 5) is 12.5. The molecule has 0 heterocycles. The van der Waals surface area contributed by atoms with Crippen molar-refractivity contribution in [3.63, 3.8) is 0 Å². The molecule has 0 saturated heterocycles. The van der Waals surface area contributed by atoms with E-state index in [-0.39, 0.29) is 12.3 Å². The SMILES string of the molecule is CC/C=C\C/C=C\C/C=C\C/C=C\CCCCCCCCCCC(=O)NC(CS(=O)(=O)O)C(O)/C=C/CC/C=C/CC/C=C/CCCCCCCC. The van der Waals surface area contributed by atoms with Gasteiger partial charge in [0.05, 0.1) is 17.9 Å². The summed E-state index contributed by atoms with van der Waals surface area (Å²) < 4.78 is 32.5. The number of aliphatic hydroxyl groups excluding tert-OH is 1. The molecule has 0 aromatic heterocycles. The van der Waals surface area contributed by atoms with Gasteiger partial charge in [-0.25, -0.2) is 0 Å². The molecule has 0 spiro atoms. The Hall–Kier alpha value is -2.48. The van der Waals surface area contributed by atoms with Crippen molar-refractivity contribution < 1.29 is 22.9 Å². The maximum absolute atomic E-state index is 12.5. The van der Waals surface area contributed by atoms with Crippen LogP contribution in [0.15, 0.2) is 85.1 Å². The lowest BCUT2D eigenvalue weighted by molar-refractivity contribution is -0.122. The van der Waals surface area contributed by atoms with Crippen molar-refractivity contribution in [2.45, 2.75) is 187 Å². The van der Waals surface area contributed by atoms with Gasteiger partial charge in [0, 0.05) is 6.42 Å². The Morgan fingerprint density at radius 1 is 0.538 bits per heavy atom. The van der Waals surface area contributed by atoms with E-state index in [0.29, 0.717) is 12.8 Å². The van der Waals surface area contributed by atoms with Gasteiger partial charge in [-0.1, -0.05) is 170 Å². The lowest BCUT2D eigenvalue weighted by atomic mass is 10.1. The van der Waals surface area contributed by atoms with Gasteiger partial charge in [0.2, 0.25) is 5.91 Å². The number of carbonyl (C=O) groups excluding carboxylic acids is 1. The molecule has 0 saturated carbocycles. The van der Waals surface area contributed by atoms with Crippen LogP contribution >= 0.6 is 0 Å². The van der Waals surface area contributed by atoms with E-state index in [1.165, 1.54) is 70.3 Å². The molecule has 0 radical (unpaired) electrons. The Morgan fingerprint density at radius 2 is 0.942 bits per heavy atom. The summed E-state index contributed by atoms with van der Waals surface area (Å²) in [6.07, 6.45) is 55.6. The highest BCUT2D eigenvalue weighted by molar-refractivity contribution is 7.85. The number of hydrogen-bond donors (Lipinski definition) is 3. The molecular formula is C45H77NO5S. The molecular weight excluding hydrogens is 667 g/mol. The summed E-state index contributed by atoms with van der Waals surface area (Å²) in [6, 6.07) is -1.09. The Kier molecular flexibility index (Phi) is 36.4. The van der Waals surface area contributed by atoms with Gasteiger partial charge in [0.25, 0.3) is 10.1 Å². The summed E-state index contributed by atoms with van der Waals surface area (Å²) in [5, 5.41) is 13.2. The van der Waals surface area contributed by atoms with Gasteiger partial charge in [-0.15, -0.1) is 0 Å². The minimum absolute atomic E-state index is 0.270. The van der Waals surface area contributed by atoms with E-state index in [4.69, 9.17) is 0 Å². The summed E-state index contributed by atoms with van der Waals surface area (Å²) >= 11 is 0. The molecule has 0 rings (SSSR count). The number of amides is 1. The van der Waals surface area contributed by atoms with Crippen LogP contribution in [0.4, 0.5) is 0 Å². The highest BCUT2D eigenvalue weighted by Crippen LogP contribution is 2.12. The van der Waals surface area contributed by atoms with E-state index < -0.39 is 28.0 Å². The first-order valence-electron chi connectivity index (χ1n) is 20.8. The van der Waals surface area contributed by atoms with Crippen LogP contribution in [0.2, 0.25) is 0 Å². The van der Waals surface area contributed by atoms with Crippen molar-refractivity contribution in [2.24, 2.45) is 0 Å². The molecule has 0 aliphatic heterocycles. The predicted octanol–water partition coefficient (Wildman–Crippen LogP) is 12.4. The fourth-order valence-corrected chi connectivity index (χ4v) is 6.44. The quantitative estimate of drug-likeness (QED) is 0.0337. The maximum Gasteiger partial charge on any atom is 0.267 e. The number of unbranched alkanes of at least 4 members (excludes halogenated alkanes) is 16. The number of rotatable bonds is 36. The molecule has 7 heteroatoms. The number of allylic oxidation sites excluding steroid dienone is 13. The van der Waals surface area contributed by atoms with Crippen molar-refractivity contribution in [1.82, 2.24) is 5.32 Å². The van der Waals surface area contributed by atoms with E-state index in [9.17, 15) is 22.9 Å². The molecule has 2 atom stereocenters. The molecule has 52 heavy (non-hydrogen) atoms. The predicted molar refractivity (Wildman–Crippen MR) is 225 cm³/mol. The van der Waals surface area contributed by atoms with Crippen molar-refractivity contribution in [3.8, 4) is 0 Å². The first kappa shape index (κ1) is 49.5. The van der Waals surface area contributed by atoms with E-state index in [1.807, 2.05) is 0 Å². The smallest absolute Gasteiger partial charge is 0.267 e. The van der Waals surface area contributed by atoms with Gasteiger partial charge in [-0.05, 0) is 83.5 Å². The van der Waals surface area contributed by atoms with Gasteiger partial charge in [0.15, 0.2) is 0 Å². The van der Waals surface area contributed by atoms with Gasteiger partial charge >= 0.3 is 0 Å². The summed E-state index contributed by atoms with van der Waals surface area (Å²) in [5.74, 6) is -1.03. The highest BCUT2D eigenvalue weighted by atomic mass is 32.2. The zero-order chi connectivity index (χ0) is 38.2. The van der Waals surface area contributed by atoms with Crippen LogP contribution in [0.25, 0.3) is 0 Å². The van der Waals surface area contributed by atoms with E-state index in [1.54, 1.807) is 6.08 Å². The largest absolute Gasteiger partial charge is 0.387 e. The molecule has 0 fully saturated rings. The molecule has 0 bridgehead atoms. The van der Waals surface area contributed by atoms with Crippen molar-refractivity contribution in [2.75, 3.05) is 5.75 Å². The average Bonchev–Trinajstić information content (AvgIpc) is 3.11. The molecule has 2 unspecified atom stereocenters. The molecule has 298 valence electrons. The summed E-state index contributed by atoms with van der Waals surface area (Å²) in [6.45, 7) is 4.39. The topological polar surface area (TPSA) is 104 Å². The second-order valence-corrected chi connectivity index (χ2v) is 15.4. The fraction of sp³-hybridized carbons (Fsp3) is 0.667. The summed E-state index contributed by atoms with van der Waals surface area (Å²) in [5.41, 5.74) is 0. The molecule has 1 amide bonds. The Bertz CT molecular complexity index is 1130. The van der Waals surface area contributed by atoms with Gasteiger partial charge in [-0.2, -0.15) is 8.42 Å². The minimum Gasteiger partial charge on any atom is -0.387 e. The van der Waals surface area contributed by atoms with Crippen molar-refractivity contribution in [3.05, 3.63) is 85.1 Å². The second-order valence-electron chi connectivity index (χ2n) is 13.9. The van der Waals surface area contributed by atoms with Gasteiger partial charge in [-0.3, -0.25) is 9.35 Å². The standard InChI is InChI=1S/C45H77NO5S/c1-3-5-7-9-11-13-15-17-19-21-22-23-24-25-27-29-31-33-35-37-39-41-45(48)46-43(42-52(49,50)51)44(47)40-38-36-34-32-30-28-26-20-18-16-14-12-10-8-6-4-2/h5,7,11,13,17-20,22-23,30,32,38,40,43-44,47H,3-4,6,8-10,12,14-16,21,24-29,31,33-37,39,41-42H2,1-2H3,(H,46,48)(H,49,50,51)/b7-5-,13-11-,19-17-,20-18+,23-22-,32-30+,40-38+. The average molecular weight is 744 g/mol. The van der Waals surface area contributed by atoms with E-state index in [0.717, 1.165) is 77.0 Å². The van der Waals surface area contributed by atoms with Crippen LogP contribution in [0, 0.1) is 0 Å². The van der Waals surface area contributed by atoms with Gasteiger partial charge < -0.3 is 10.4 Å². The Labute approximate surface area is 320 Å². The molecule has 0 aromatic carbocycles. The number of hydrogen-bond acceptors (Lipinski definition) is 4. The first-order chi connectivity index (χ1) is 25.3. The highest BCUT2D eigenvalue weighted by Gasteiger charge is 2.24. The molecule has 0 aromatic rings. The lowest BCUT2D eigenvalue weighted by Gasteiger charge is -2.21. The molecule has 6 nitrogen and oxygen atoms in total. The van der Waals surface area contributed by atoms with Crippen LogP contribution in [-0.2, 0) is 14.9 Å². The summed E-state index contributed by atoms with van der Waals surface area (Å²) in [7, 11) is -4.37. The first-order valence-corrected chi connectivity index (χ1v) is 22.4. The third-order valence-electron chi connectivity index (χ3n) is 8.78. The number of aliphatic hydroxyl groups is 1. The van der Waals surface area contributed by atoms with Crippen LogP contribution in [0.1, 0.15) is 174 Å². The second kappa shape index (κ2) is 38.3. The minimum atomic E-state index is -4.37. The lowest BCUT2D eigenvalue weighted by Crippen LogP contribution is -2.46. The van der Waals surface area contributed by atoms with Crippen LogP contribution in [0.3, 0.4) is 0 Å². The third kappa shape index (κ3) is 38.7. The number of carbonyl (C=O) groups is 1. The zero-order valence-electron chi connectivity index (χ0n) is 33.1. The van der Waals surface area contributed by atoms with E-state index in [2.05, 4.69) is 92.1 Å².